The van der Waals surface area contributed by atoms with Crippen molar-refractivity contribution in [2.45, 2.75) is 38.4 Å². The average molecular weight is 435 g/mol. The van der Waals surface area contributed by atoms with Gasteiger partial charge in [0.25, 0.3) is 0 Å². The van der Waals surface area contributed by atoms with Crippen LogP contribution in [0.2, 0.25) is 0 Å². The molecule has 0 amide bonds. The lowest BCUT2D eigenvalue weighted by atomic mass is 9.95. The molecule has 1 aromatic carbocycles. The first-order chi connectivity index (χ1) is 13.8. The summed E-state index contributed by atoms with van der Waals surface area (Å²) in [6.07, 6.45) is 2.22. The number of aromatic nitrogens is 4. The van der Waals surface area contributed by atoms with Gasteiger partial charge in [0, 0.05) is 36.5 Å². The van der Waals surface area contributed by atoms with Crippen molar-refractivity contribution in [1.29, 1.82) is 0 Å². The lowest BCUT2D eigenvalue weighted by molar-refractivity contribution is 0.198. The minimum atomic E-state index is -0.214. The van der Waals surface area contributed by atoms with Crippen LogP contribution in [0.1, 0.15) is 36.1 Å². The number of thiazole rings is 1. The van der Waals surface area contributed by atoms with E-state index in [0.29, 0.717) is 5.92 Å². The third-order valence-electron chi connectivity index (χ3n) is 5.63. The molecule has 0 bridgehead atoms. The van der Waals surface area contributed by atoms with Crippen LogP contribution in [-0.2, 0) is 19.6 Å². The van der Waals surface area contributed by atoms with Crippen LogP contribution in [0, 0.1) is 5.82 Å². The van der Waals surface area contributed by atoms with Gasteiger partial charge in [-0.25, -0.2) is 9.37 Å². The van der Waals surface area contributed by atoms with Gasteiger partial charge in [-0.3, -0.25) is 4.90 Å². The van der Waals surface area contributed by atoms with Gasteiger partial charge in [0.1, 0.15) is 22.5 Å². The molecule has 2 aromatic heterocycles. The Morgan fingerprint density at radius 1 is 1.10 bits per heavy atom. The monoisotopic (exact) mass is 434 g/mol. The van der Waals surface area contributed by atoms with E-state index < -0.39 is 0 Å². The normalized spacial score (nSPS) is 17.7. The van der Waals surface area contributed by atoms with Gasteiger partial charge in [-0.1, -0.05) is 0 Å². The lowest BCUT2D eigenvalue weighted by Crippen LogP contribution is -2.34. The highest BCUT2D eigenvalue weighted by Crippen LogP contribution is 2.29. The number of likely N-dealkylation sites (tertiary alicyclic amines) is 1. The van der Waals surface area contributed by atoms with Gasteiger partial charge in [-0.2, -0.15) is 0 Å². The zero-order valence-corrected chi connectivity index (χ0v) is 17.7. The van der Waals surface area contributed by atoms with E-state index in [2.05, 4.69) is 30.4 Å². The van der Waals surface area contributed by atoms with Crippen molar-refractivity contribution in [3.8, 4) is 10.6 Å². The molecule has 154 valence electrons. The van der Waals surface area contributed by atoms with Crippen molar-refractivity contribution in [3.05, 3.63) is 52.8 Å². The second kappa shape index (κ2) is 8.87. The summed E-state index contributed by atoms with van der Waals surface area (Å²) in [6, 6.07) is 6.55. The summed E-state index contributed by atoms with van der Waals surface area (Å²) >= 11 is 1.62. The fourth-order valence-electron chi connectivity index (χ4n) is 4.10. The number of halogens is 2. The predicted molar refractivity (Wildman–Crippen MR) is 114 cm³/mol. The van der Waals surface area contributed by atoms with E-state index in [1.165, 1.54) is 18.0 Å². The Balaban J connectivity index is 0.00000205. The molecule has 2 aliphatic rings. The SMILES string of the molecule is Cl.Fc1ccc(-c2nc(CN3CCC(c4nnc5n4CCNC5)CC3)cs2)cc1. The first-order valence-corrected chi connectivity index (χ1v) is 10.7. The molecule has 0 radical (unpaired) electrons. The minimum absolute atomic E-state index is 0. The van der Waals surface area contributed by atoms with Gasteiger partial charge in [-0.05, 0) is 50.2 Å². The highest BCUT2D eigenvalue weighted by atomic mass is 35.5. The van der Waals surface area contributed by atoms with E-state index in [1.807, 2.05) is 0 Å². The van der Waals surface area contributed by atoms with Crippen molar-refractivity contribution >= 4 is 23.7 Å². The molecule has 4 heterocycles. The molecule has 6 nitrogen and oxygen atoms in total. The zero-order valence-electron chi connectivity index (χ0n) is 16.1. The quantitative estimate of drug-likeness (QED) is 0.681. The van der Waals surface area contributed by atoms with Crippen molar-refractivity contribution in [1.82, 2.24) is 30.0 Å². The summed E-state index contributed by atoms with van der Waals surface area (Å²) in [6.45, 7) is 5.77. The molecule has 5 rings (SSSR count). The van der Waals surface area contributed by atoms with Crippen LogP contribution in [0.4, 0.5) is 4.39 Å². The topological polar surface area (TPSA) is 58.9 Å². The van der Waals surface area contributed by atoms with Gasteiger partial charge in [0.15, 0.2) is 0 Å². The number of hydrogen-bond acceptors (Lipinski definition) is 6. The number of nitrogens with zero attached hydrogens (tertiary/aromatic N) is 5. The van der Waals surface area contributed by atoms with Crippen LogP contribution in [-0.4, -0.2) is 44.3 Å². The molecule has 1 N–H and O–H groups in total. The second-order valence-corrected chi connectivity index (χ2v) is 8.36. The van der Waals surface area contributed by atoms with Crippen molar-refractivity contribution in [3.63, 3.8) is 0 Å². The van der Waals surface area contributed by atoms with Crippen LogP contribution in [0.5, 0.6) is 0 Å². The Hall–Kier alpha value is -1.87. The van der Waals surface area contributed by atoms with Gasteiger partial charge in [0.05, 0.1) is 12.2 Å². The van der Waals surface area contributed by atoms with E-state index in [-0.39, 0.29) is 18.2 Å². The summed E-state index contributed by atoms with van der Waals surface area (Å²) in [7, 11) is 0. The summed E-state index contributed by atoms with van der Waals surface area (Å²) in [5.74, 6) is 2.53. The highest BCUT2D eigenvalue weighted by molar-refractivity contribution is 7.13. The summed E-state index contributed by atoms with van der Waals surface area (Å²) in [5.41, 5.74) is 2.07. The van der Waals surface area contributed by atoms with Gasteiger partial charge < -0.3 is 9.88 Å². The molecule has 3 aromatic rings. The molecular weight excluding hydrogens is 411 g/mol. The molecule has 0 unspecified atom stereocenters. The van der Waals surface area contributed by atoms with Crippen molar-refractivity contribution in [2.75, 3.05) is 19.6 Å². The molecule has 9 heteroatoms. The molecule has 0 saturated carbocycles. The van der Waals surface area contributed by atoms with E-state index >= 15 is 0 Å². The molecule has 1 saturated heterocycles. The van der Waals surface area contributed by atoms with Gasteiger partial charge >= 0.3 is 0 Å². The summed E-state index contributed by atoms with van der Waals surface area (Å²) in [4.78, 5) is 7.22. The molecular formula is C20H24ClFN6S. The average Bonchev–Trinajstić information content (AvgIpc) is 3.36. The van der Waals surface area contributed by atoms with Crippen molar-refractivity contribution in [2.24, 2.45) is 0 Å². The number of benzene rings is 1. The van der Waals surface area contributed by atoms with Crippen LogP contribution in [0.3, 0.4) is 0 Å². The van der Waals surface area contributed by atoms with Crippen molar-refractivity contribution < 1.29 is 4.39 Å². The van der Waals surface area contributed by atoms with E-state index in [1.54, 1.807) is 23.5 Å². The first kappa shape index (κ1) is 20.4. The molecule has 29 heavy (non-hydrogen) atoms. The van der Waals surface area contributed by atoms with E-state index in [9.17, 15) is 4.39 Å². The number of fused-ring (bicyclic) bond motifs is 1. The summed E-state index contributed by atoms with van der Waals surface area (Å²) < 4.78 is 15.4. The zero-order chi connectivity index (χ0) is 18.9. The Morgan fingerprint density at radius 3 is 2.69 bits per heavy atom. The molecule has 0 spiro atoms. The Bertz CT molecular complexity index is 948. The maximum Gasteiger partial charge on any atom is 0.147 e. The third-order valence-corrected chi connectivity index (χ3v) is 6.57. The molecule has 0 atom stereocenters. The predicted octanol–water partition coefficient (Wildman–Crippen LogP) is 3.45. The lowest BCUT2D eigenvalue weighted by Gasteiger charge is -2.31. The van der Waals surface area contributed by atoms with Crippen LogP contribution >= 0.6 is 23.7 Å². The smallest absolute Gasteiger partial charge is 0.147 e. The number of piperidine rings is 1. The largest absolute Gasteiger partial charge is 0.312 e. The second-order valence-electron chi connectivity index (χ2n) is 7.50. The first-order valence-electron chi connectivity index (χ1n) is 9.81. The standard InChI is InChI=1S/C20H23FN6S.ClH/c21-16-3-1-15(2-4-16)20-23-17(13-28-20)12-26-8-5-14(6-9-26)19-25-24-18-11-22-7-10-27(18)19;/h1-4,13-14,22H,5-12H2;1H. The molecule has 1 fully saturated rings. The van der Waals surface area contributed by atoms with E-state index in [0.717, 1.165) is 74.2 Å². The number of hydrogen-bond donors (Lipinski definition) is 1. The van der Waals surface area contributed by atoms with Crippen LogP contribution in [0.15, 0.2) is 29.6 Å². The fourth-order valence-corrected chi connectivity index (χ4v) is 4.92. The highest BCUT2D eigenvalue weighted by Gasteiger charge is 2.27. The van der Waals surface area contributed by atoms with Gasteiger partial charge in [0.2, 0.25) is 0 Å². The summed E-state index contributed by atoms with van der Waals surface area (Å²) in [5, 5.41) is 15.3. The third kappa shape index (κ3) is 4.35. The van der Waals surface area contributed by atoms with E-state index in [4.69, 9.17) is 4.98 Å². The maximum atomic E-state index is 13.1. The van der Waals surface area contributed by atoms with Crippen LogP contribution in [0.25, 0.3) is 10.6 Å². The minimum Gasteiger partial charge on any atom is -0.312 e. The molecule has 0 aliphatic carbocycles. The Kier molecular flexibility index (Phi) is 6.24. The maximum absolute atomic E-state index is 13.1. The Labute approximate surface area is 179 Å². The Morgan fingerprint density at radius 2 is 1.90 bits per heavy atom. The fraction of sp³-hybridized carbons (Fsp3) is 0.450. The molecule has 2 aliphatic heterocycles. The van der Waals surface area contributed by atoms with Crippen LogP contribution < -0.4 is 5.32 Å². The van der Waals surface area contributed by atoms with Gasteiger partial charge in [-0.15, -0.1) is 33.9 Å². The number of rotatable bonds is 4. The number of nitrogens with one attached hydrogen (secondary N) is 1.